The predicted octanol–water partition coefficient (Wildman–Crippen LogP) is 3.94. The van der Waals surface area contributed by atoms with Crippen LogP contribution in [-0.4, -0.2) is 44.1 Å². The zero-order valence-corrected chi connectivity index (χ0v) is 19.0. The summed E-state index contributed by atoms with van der Waals surface area (Å²) in [7, 11) is 4.18. The smallest absolute Gasteiger partial charge is 0.339 e. The first kappa shape index (κ1) is 23.4. The Bertz CT molecular complexity index is 1200. The third-order valence-electron chi connectivity index (χ3n) is 5.11. The molecule has 0 saturated heterocycles. The summed E-state index contributed by atoms with van der Waals surface area (Å²) in [6.07, 6.45) is 0. The Hall–Kier alpha value is -4.27. The number of aromatic nitrogens is 1. The van der Waals surface area contributed by atoms with Gasteiger partial charge >= 0.3 is 5.97 Å². The molecule has 0 aliphatic heterocycles. The van der Waals surface area contributed by atoms with E-state index in [4.69, 9.17) is 14.2 Å². The molecule has 2 amide bonds. The van der Waals surface area contributed by atoms with Crippen molar-refractivity contribution in [3.63, 3.8) is 0 Å². The molecular weight excluding hydrogens is 426 g/mol. The summed E-state index contributed by atoms with van der Waals surface area (Å²) < 4.78 is 15.6. The molecule has 3 rings (SSSR count). The standard InChI is InChI=1S/C24H25N3O6/c1-13-20(24(30)33-5)14(2)25-21(13)23(29)27-17-12-18(31-3)16(11-19(17)32-4)26-22(28)15-9-7-6-8-10-15/h6-12,25H,1-5H3,(H,26,28)(H,27,29). The number of ether oxygens (including phenoxy) is 3. The van der Waals surface area contributed by atoms with E-state index >= 15 is 0 Å². The van der Waals surface area contributed by atoms with Crippen LogP contribution in [0.2, 0.25) is 0 Å². The number of esters is 1. The van der Waals surface area contributed by atoms with Crippen LogP contribution in [-0.2, 0) is 4.74 Å². The van der Waals surface area contributed by atoms with Gasteiger partial charge in [-0.3, -0.25) is 9.59 Å². The molecule has 0 atom stereocenters. The lowest BCUT2D eigenvalue weighted by Crippen LogP contribution is -2.16. The number of methoxy groups -OCH3 is 3. The van der Waals surface area contributed by atoms with Gasteiger partial charge in [0.05, 0.1) is 38.3 Å². The molecule has 9 heteroatoms. The molecule has 9 nitrogen and oxygen atoms in total. The number of aryl methyl sites for hydroxylation is 1. The van der Waals surface area contributed by atoms with E-state index in [1.165, 1.54) is 21.3 Å². The molecule has 0 aliphatic carbocycles. The Kier molecular flexibility index (Phi) is 7.02. The highest BCUT2D eigenvalue weighted by atomic mass is 16.5. The Balaban J connectivity index is 1.90. The molecule has 0 radical (unpaired) electrons. The van der Waals surface area contributed by atoms with E-state index in [1.54, 1.807) is 50.2 Å². The van der Waals surface area contributed by atoms with E-state index < -0.39 is 11.9 Å². The van der Waals surface area contributed by atoms with Gasteiger partial charge in [0.15, 0.2) is 0 Å². The van der Waals surface area contributed by atoms with E-state index in [2.05, 4.69) is 15.6 Å². The second-order valence-corrected chi connectivity index (χ2v) is 7.14. The summed E-state index contributed by atoms with van der Waals surface area (Å²) >= 11 is 0. The Labute approximate surface area is 191 Å². The molecular formula is C24H25N3O6. The Morgan fingerprint density at radius 3 is 1.88 bits per heavy atom. The van der Waals surface area contributed by atoms with Crippen molar-refractivity contribution >= 4 is 29.2 Å². The number of hydrogen-bond acceptors (Lipinski definition) is 6. The third-order valence-corrected chi connectivity index (χ3v) is 5.11. The summed E-state index contributed by atoms with van der Waals surface area (Å²) in [5.41, 5.74) is 2.70. The summed E-state index contributed by atoms with van der Waals surface area (Å²) in [6, 6.07) is 11.8. The fourth-order valence-electron chi connectivity index (χ4n) is 3.45. The van der Waals surface area contributed by atoms with Crippen molar-refractivity contribution in [2.45, 2.75) is 13.8 Å². The molecule has 33 heavy (non-hydrogen) atoms. The Morgan fingerprint density at radius 2 is 1.36 bits per heavy atom. The van der Waals surface area contributed by atoms with Gasteiger partial charge in [0, 0.05) is 23.4 Å². The van der Waals surface area contributed by atoms with Crippen molar-refractivity contribution in [2.75, 3.05) is 32.0 Å². The van der Waals surface area contributed by atoms with E-state index in [9.17, 15) is 14.4 Å². The SMILES string of the molecule is COC(=O)c1c(C)[nH]c(C(=O)Nc2cc(OC)c(NC(=O)c3ccccc3)cc2OC)c1C. The van der Waals surface area contributed by atoms with Gasteiger partial charge < -0.3 is 29.8 Å². The van der Waals surface area contributed by atoms with E-state index in [0.717, 1.165) is 0 Å². The summed E-state index contributed by atoms with van der Waals surface area (Å²) in [6.45, 7) is 3.34. The lowest BCUT2D eigenvalue weighted by Gasteiger charge is -2.16. The number of amides is 2. The monoisotopic (exact) mass is 451 g/mol. The highest BCUT2D eigenvalue weighted by Crippen LogP contribution is 2.37. The molecule has 0 bridgehead atoms. The van der Waals surface area contributed by atoms with Gasteiger partial charge in [-0.2, -0.15) is 0 Å². The van der Waals surface area contributed by atoms with Crippen LogP contribution < -0.4 is 20.1 Å². The number of rotatable bonds is 7. The number of nitrogens with one attached hydrogen (secondary N) is 3. The van der Waals surface area contributed by atoms with Gasteiger partial charge in [-0.05, 0) is 31.5 Å². The van der Waals surface area contributed by atoms with Crippen LogP contribution in [0.25, 0.3) is 0 Å². The molecule has 3 aromatic rings. The molecule has 0 aliphatic rings. The molecule has 1 aromatic heterocycles. The second-order valence-electron chi connectivity index (χ2n) is 7.14. The maximum absolute atomic E-state index is 13.0. The average Bonchev–Trinajstić information content (AvgIpc) is 3.13. The highest BCUT2D eigenvalue weighted by Gasteiger charge is 2.24. The quantitative estimate of drug-likeness (QED) is 0.468. The Morgan fingerprint density at radius 1 is 0.818 bits per heavy atom. The highest BCUT2D eigenvalue weighted by molar-refractivity contribution is 6.08. The van der Waals surface area contributed by atoms with Crippen molar-refractivity contribution in [1.82, 2.24) is 4.98 Å². The zero-order chi connectivity index (χ0) is 24.1. The maximum atomic E-state index is 13.0. The lowest BCUT2D eigenvalue weighted by molar-refractivity contribution is 0.0599. The lowest BCUT2D eigenvalue weighted by atomic mass is 10.1. The van der Waals surface area contributed by atoms with Crippen LogP contribution in [0, 0.1) is 13.8 Å². The number of anilines is 2. The van der Waals surface area contributed by atoms with E-state index in [0.29, 0.717) is 45.3 Å². The fourth-order valence-corrected chi connectivity index (χ4v) is 3.45. The minimum Gasteiger partial charge on any atom is -0.494 e. The topological polar surface area (TPSA) is 119 Å². The minimum atomic E-state index is -0.530. The fraction of sp³-hybridized carbons (Fsp3) is 0.208. The molecule has 3 N–H and O–H groups in total. The van der Waals surface area contributed by atoms with Crippen LogP contribution in [0.3, 0.4) is 0 Å². The first-order valence-corrected chi connectivity index (χ1v) is 10.0. The zero-order valence-electron chi connectivity index (χ0n) is 19.0. The van der Waals surface area contributed by atoms with Crippen molar-refractivity contribution in [3.05, 3.63) is 70.5 Å². The summed E-state index contributed by atoms with van der Waals surface area (Å²) in [5.74, 6) is -0.697. The molecule has 1 heterocycles. The van der Waals surface area contributed by atoms with Crippen LogP contribution in [0.5, 0.6) is 11.5 Å². The van der Waals surface area contributed by atoms with Gasteiger partial charge in [0.25, 0.3) is 11.8 Å². The number of aromatic amines is 1. The molecule has 0 spiro atoms. The van der Waals surface area contributed by atoms with E-state index in [-0.39, 0.29) is 11.6 Å². The van der Waals surface area contributed by atoms with Crippen molar-refractivity contribution in [2.24, 2.45) is 0 Å². The van der Waals surface area contributed by atoms with Gasteiger partial charge in [-0.1, -0.05) is 18.2 Å². The predicted molar refractivity (Wildman–Crippen MR) is 124 cm³/mol. The molecule has 172 valence electrons. The van der Waals surface area contributed by atoms with Gasteiger partial charge in [-0.25, -0.2) is 4.79 Å². The van der Waals surface area contributed by atoms with Crippen molar-refractivity contribution < 1.29 is 28.6 Å². The first-order valence-electron chi connectivity index (χ1n) is 10.0. The first-order chi connectivity index (χ1) is 15.8. The molecule has 0 unspecified atom stereocenters. The normalized spacial score (nSPS) is 10.3. The largest absolute Gasteiger partial charge is 0.494 e. The van der Waals surface area contributed by atoms with Crippen LogP contribution in [0.15, 0.2) is 42.5 Å². The summed E-state index contributed by atoms with van der Waals surface area (Å²) in [4.78, 5) is 40.5. The van der Waals surface area contributed by atoms with Gasteiger partial charge in [0.1, 0.15) is 17.2 Å². The van der Waals surface area contributed by atoms with Crippen molar-refractivity contribution in [3.8, 4) is 11.5 Å². The number of hydrogen-bond donors (Lipinski definition) is 3. The molecule has 0 fully saturated rings. The maximum Gasteiger partial charge on any atom is 0.339 e. The van der Waals surface area contributed by atoms with E-state index in [1.807, 2.05) is 6.07 Å². The number of benzene rings is 2. The second kappa shape index (κ2) is 9.90. The number of H-pyrrole nitrogens is 1. The van der Waals surface area contributed by atoms with Gasteiger partial charge in [-0.15, -0.1) is 0 Å². The molecule has 0 saturated carbocycles. The summed E-state index contributed by atoms with van der Waals surface area (Å²) in [5, 5.41) is 5.55. The average molecular weight is 451 g/mol. The van der Waals surface area contributed by atoms with Crippen LogP contribution >= 0.6 is 0 Å². The van der Waals surface area contributed by atoms with Crippen LogP contribution in [0.1, 0.15) is 42.5 Å². The third kappa shape index (κ3) is 4.82. The van der Waals surface area contributed by atoms with Crippen molar-refractivity contribution in [1.29, 1.82) is 0 Å². The minimum absolute atomic E-state index is 0.218. The number of carbonyl (C=O) groups excluding carboxylic acids is 3. The number of carbonyl (C=O) groups is 3. The van der Waals surface area contributed by atoms with Gasteiger partial charge in [0.2, 0.25) is 0 Å². The van der Waals surface area contributed by atoms with Crippen LogP contribution in [0.4, 0.5) is 11.4 Å². The molecule has 2 aromatic carbocycles.